The molecule has 2 amide bonds. The first-order valence-corrected chi connectivity index (χ1v) is 8.40. The van der Waals surface area contributed by atoms with Crippen molar-refractivity contribution in [2.45, 2.75) is 69.6 Å². The summed E-state index contributed by atoms with van der Waals surface area (Å²) in [6, 6.07) is 0.681. The molecule has 0 spiro atoms. The Morgan fingerprint density at radius 2 is 1.57 bits per heavy atom. The monoisotopic (exact) mass is 322 g/mol. The molecule has 0 aliphatic heterocycles. The molecule has 1 aromatic rings. The summed E-state index contributed by atoms with van der Waals surface area (Å²) in [6.07, 6.45) is 10.2. The zero-order valence-electron chi connectivity index (χ0n) is 13.1. The molecule has 1 aromatic heterocycles. The molecule has 0 bridgehead atoms. The predicted molar refractivity (Wildman–Crippen MR) is 82.6 cm³/mol. The normalized spacial score (nSPS) is 25.1. The largest absolute Gasteiger partial charge is 0.460 e. The maximum absolute atomic E-state index is 12.8. The minimum atomic E-state index is -0.474. The average molecular weight is 322 g/mol. The smallest absolute Gasteiger partial charge is 0.316 e. The molecule has 2 aliphatic carbocycles. The van der Waals surface area contributed by atoms with Crippen LogP contribution in [0.5, 0.6) is 6.01 Å². The van der Waals surface area contributed by atoms with Gasteiger partial charge in [-0.25, -0.2) is 19.2 Å². The van der Waals surface area contributed by atoms with E-state index >= 15 is 0 Å². The fourth-order valence-corrected chi connectivity index (χ4v) is 3.32. The van der Waals surface area contributed by atoms with Crippen LogP contribution in [-0.2, 0) is 0 Å². The van der Waals surface area contributed by atoms with Gasteiger partial charge < -0.3 is 15.4 Å². The van der Waals surface area contributed by atoms with Crippen LogP contribution in [0, 0.1) is 5.82 Å². The zero-order valence-corrected chi connectivity index (χ0v) is 13.1. The lowest BCUT2D eigenvalue weighted by atomic mass is 9.93. The van der Waals surface area contributed by atoms with E-state index in [1.54, 1.807) is 0 Å². The van der Waals surface area contributed by atoms with Gasteiger partial charge in [-0.2, -0.15) is 0 Å². The van der Waals surface area contributed by atoms with Crippen molar-refractivity contribution >= 4 is 6.03 Å². The number of nitrogens with one attached hydrogen (secondary N) is 2. The Kier molecular flexibility index (Phi) is 5.25. The summed E-state index contributed by atoms with van der Waals surface area (Å²) >= 11 is 0. The molecule has 3 rings (SSSR count). The first-order chi connectivity index (χ1) is 11.2. The predicted octanol–water partition coefficient (Wildman–Crippen LogP) is 2.55. The number of nitrogens with zero attached hydrogens (tertiary/aromatic N) is 2. The second-order valence-corrected chi connectivity index (χ2v) is 6.37. The molecular formula is C16H23FN4O2. The summed E-state index contributed by atoms with van der Waals surface area (Å²) in [5.41, 5.74) is 0. The number of halogens is 1. The van der Waals surface area contributed by atoms with E-state index in [-0.39, 0.29) is 24.2 Å². The lowest BCUT2D eigenvalue weighted by Gasteiger charge is -2.29. The third-order valence-corrected chi connectivity index (χ3v) is 4.57. The molecule has 2 fully saturated rings. The zero-order chi connectivity index (χ0) is 16.1. The molecule has 23 heavy (non-hydrogen) atoms. The molecule has 126 valence electrons. The number of hydrogen-bond donors (Lipinski definition) is 2. The topological polar surface area (TPSA) is 76.1 Å². The Morgan fingerprint density at radius 3 is 2.17 bits per heavy atom. The van der Waals surface area contributed by atoms with Gasteiger partial charge in [-0.15, -0.1) is 0 Å². The standard InChI is InChI=1S/C16H23FN4O2/c17-11-9-18-16(19-10-11)23-14-7-5-13(6-8-14)21-15(22)20-12-3-1-2-4-12/h9-10,12-14H,1-8H2,(H2,20,21,22). The maximum Gasteiger partial charge on any atom is 0.316 e. The number of carbonyl (C=O) groups excluding carboxylic acids is 1. The van der Waals surface area contributed by atoms with Crippen LogP contribution in [0.15, 0.2) is 12.4 Å². The first-order valence-electron chi connectivity index (χ1n) is 8.40. The van der Waals surface area contributed by atoms with Crippen molar-refractivity contribution in [3.63, 3.8) is 0 Å². The van der Waals surface area contributed by atoms with Crippen LogP contribution >= 0.6 is 0 Å². The summed E-state index contributed by atoms with van der Waals surface area (Å²) in [6.45, 7) is 0. The highest BCUT2D eigenvalue weighted by Crippen LogP contribution is 2.22. The third kappa shape index (κ3) is 4.77. The summed E-state index contributed by atoms with van der Waals surface area (Å²) in [5.74, 6) is -0.474. The van der Waals surface area contributed by atoms with E-state index in [1.807, 2.05) is 0 Å². The maximum atomic E-state index is 12.8. The Labute approximate surface area is 135 Å². The van der Waals surface area contributed by atoms with Gasteiger partial charge in [0.2, 0.25) is 0 Å². The lowest BCUT2D eigenvalue weighted by Crippen LogP contribution is -2.47. The number of carbonyl (C=O) groups is 1. The van der Waals surface area contributed by atoms with E-state index in [2.05, 4.69) is 20.6 Å². The van der Waals surface area contributed by atoms with Gasteiger partial charge in [0.1, 0.15) is 6.10 Å². The van der Waals surface area contributed by atoms with Gasteiger partial charge in [0.25, 0.3) is 0 Å². The SMILES string of the molecule is O=C(NC1CCCC1)NC1CCC(Oc2ncc(F)cn2)CC1. The molecular weight excluding hydrogens is 299 g/mol. The summed E-state index contributed by atoms with van der Waals surface area (Å²) in [4.78, 5) is 19.6. The Hall–Kier alpha value is -1.92. The Bertz CT molecular complexity index is 511. The number of aromatic nitrogens is 2. The fourth-order valence-electron chi connectivity index (χ4n) is 3.32. The minimum Gasteiger partial charge on any atom is -0.460 e. The van der Waals surface area contributed by atoms with E-state index < -0.39 is 5.82 Å². The number of amides is 2. The molecule has 2 N–H and O–H groups in total. The van der Waals surface area contributed by atoms with E-state index in [0.717, 1.165) is 50.9 Å². The highest BCUT2D eigenvalue weighted by molar-refractivity contribution is 5.74. The van der Waals surface area contributed by atoms with E-state index in [9.17, 15) is 9.18 Å². The second kappa shape index (κ2) is 7.57. The van der Waals surface area contributed by atoms with Crippen LogP contribution in [0.1, 0.15) is 51.4 Å². The van der Waals surface area contributed by atoms with Gasteiger partial charge in [0.05, 0.1) is 12.4 Å². The highest BCUT2D eigenvalue weighted by atomic mass is 19.1. The van der Waals surface area contributed by atoms with Crippen LogP contribution in [0.25, 0.3) is 0 Å². The van der Waals surface area contributed by atoms with Crippen LogP contribution in [-0.4, -0.2) is 34.2 Å². The number of hydrogen-bond acceptors (Lipinski definition) is 4. The minimum absolute atomic E-state index is 0.0244. The third-order valence-electron chi connectivity index (χ3n) is 4.57. The van der Waals surface area contributed by atoms with Crippen molar-refractivity contribution in [2.24, 2.45) is 0 Å². The molecule has 0 unspecified atom stereocenters. The molecule has 0 atom stereocenters. The molecule has 2 aliphatic rings. The average Bonchev–Trinajstić information content (AvgIpc) is 3.04. The van der Waals surface area contributed by atoms with E-state index in [4.69, 9.17) is 4.74 Å². The van der Waals surface area contributed by atoms with Gasteiger partial charge in [0, 0.05) is 12.1 Å². The summed E-state index contributed by atoms with van der Waals surface area (Å²) in [7, 11) is 0. The van der Waals surface area contributed by atoms with Crippen LogP contribution in [0.4, 0.5) is 9.18 Å². The van der Waals surface area contributed by atoms with Gasteiger partial charge >= 0.3 is 12.0 Å². The van der Waals surface area contributed by atoms with Crippen molar-refractivity contribution < 1.29 is 13.9 Å². The first kappa shape index (κ1) is 16.0. The fraction of sp³-hybridized carbons (Fsp3) is 0.688. The van der Waals surface area contributed by atoms with Crippen molar-refractivity contribution in [1.82, 2.24) is 20.6 Å². The van der Waals surface area contributed by atoms with Crippen molar-refractivity contribution in [3.8, 4) is 6.01 Å². The number of urea groups is 1. The molecule has 2 saturated carbocycles. The Morgan fingerprint density at radius 1 is 1.00 bits per heavy atom. The lowest BCUT2D eigenvalue weighted by molar-refractivity contribution is 0.128. The number of rotatable bonds is 4. The van der Waals surface area contributed by atoms with Crippen molar-refractivity contribution in [3.05, 3.63) is 18.2 Å². The summed E-state index contributed by atoms with van der Waals surface area (Å²) < 4.78 is 18.4. The second-order valence-electron chi connectivity index (χ2n) is 6.37. The Balaban J connectivity index is 1.37. The molecule has 1 heterocycles. The quantitative estimate of drug-likeness (QED) is 0.893. The van der Waals surface area contributed by atoms with Crippen LogP contribution < -0.4 is 15.4 Å². The van der Waals surface area contributed by atoms with Gasteiger partial charge in [-0.3, -0.25) is 0 Å². The number of ether oxygens (including phenoxy) is 1. The van der Waals surface area contributed by atoms with Gasteiger partial charge in [0.15, 0.2) is 5.82 Å². The van der Waals surface area contributed by atoms with E-state index in [0.29, 0.717) is 6.04 Å². The molecule has 6 nitrogen and oxygen atoms in total. The van der Waals surface area contributed by atoms with Crippen LogP contribution in [0.2, 0.25) is 0 Å². The molecule has 7 heteroatoms. The molecule has 0 aromatic carbocycles. The van der Waals surface area contributed by atoms with Crippen molar-refractivity contribution in [1.29, 1.82) is 0 Å². The van der Waals surface area contributed by atoms with Crippen molar-refractivity contribution in [2.75, 3.05) is 0 Å². The van der Waals surface area contributed by atoms with E-state index in [1.165, 1.54) is 12.8 Å². The van der Waals surface area contributed by atoms with Gasteiger partial charge in [-0.05, 0) is 38.5 Å². The van der Waals surface area contributed by atoms with Crippen LogP contribution in [0.3, 0.4) is 0 Å². The summed E-state index contributed by atoms with van der Waals surface area (Å²) in [5, 5.41) is 6.10. The molecule has 0 saturated heterocycles. The highest BCUT2D eigenvalue weighted by Gasteiger charge is 2.25. The van der Waals surface area contributed by atoms with Gasteiger partial charge in [-0.1, -0.05) is 12.8 Å². The molecule has 0 radical (unpaired) electrons.